The Morgan fingerprint density at radius 3 is 2.74 bits per heavy atom. The number of halogens is 2. The SMILES string of the molecule is O=C(C1CCC(F)(F)CC1)N1CCCC(Cc2ccccn2)C1. The summed E-state index contributed by atoms with van der Waals surface area (Å²) in [6.45, 7) is 1.51. The highest BCUT2D eigenvalue weighted by Crippen LogP contribution is 2.37. The van der Waals surface area contributed by atoms with Crippen LogP contribution < -0.4 is 0 Å². The number of hydrogen-bond acceptors (Lipinski definition) is 2. The summed E-state index contributed by atoms with van der Waals surface area (Å²) in [5.74, 6) is -2.26. The van der Waals surface area contributed by atoms with Gasteiger partial charge in [0, 0.05) is 43.7 Å². The lowest BCUT2D eigenvalue weighted by molar-refractivity contribution is -0.141. The summed E-state index contributed by atoms with van der Waals surface area (Å²) < 4.78 is 26.5. The zero-order chi connectivity index (χ0) is 16.3. The van der Waals surface area contributed by atoms with Crippen molar-refractivity contribution in [3.05, 3.63) is 30.1 Å². The van der Waals surface area contributed by atoms with E-state index in [0.29, 0.717) is 18.8 Å². The third kappa shape index (κ3) is 4.27. The second-order valence-corrected chi connectivity index (χ2v) is 6.95. The van der Waals surface area contributed by atoms with E-state index in [1.807, 2.05) is 23.1 Å². The highest BCUT2D eigenvalue weighted by molar-refractivity contribution is 5.79. The first kappa shape index (κ1) is 16.3. The Morgan fingerprint density at radius 2 is 2.04 bits per heavy atom. The van der Waals surface area contributed by atoms with Gasteiger partial charge in [0.25, 0.3) is 0 Å². The third-order valence-electron chi connectivity index (χ3n) is 5.12. The molecule has 0 spiro atoms. The number of piperidine rings is 1. The molecule has 2 aliphatic rings. The lowest BCUT2D eigenvalue weighted by Crippen LogP contribution is -2.45. The Hall–Kier alpha value is -1.52. The number of alkyl halides is 2. The average molecular weight is 322 g/mol. The molecule has 126 valence electrons. The molecule has 23 heavy (non-hydrogen) atoms. The predicted molar refractivity (Wildman–Crippen MR) is 84.2 cm³/mol. The van der Waals surface area contributed by atoms with Gasteiger partial charge < -0.3 is 4.90 Å². The van der Waals surface area contributed by atoms with Crippen LogP contribution in [0.25, 0.3) is 0 Å². The van der Waals surface area contributed by atoms with Crippen molar-refractivity contribution in [3.63, 3.8) is 0 Å². The molecule has 2 fully saturated rings. The van der Waals surface area contributed by atoms with E-state index in [2.05, 4.69) is 4.98 Å². The Bertz CT molecular complexity index is 525. The summed E-state index contributed by atoms with van der Waals surface area (Å²) >= 11 is 0. The van der Waals surface area contributed by atoms with Crippen molar-refractivity contribution in [2.24, 2.45) is 11.8 Å². The molecule has 1 aromatic rings. The molecular formula is C18H24F2N2O. The van der Waals surface area contributed by atoms with E-state index in [0.717, 1.165) is 38.0 Å². The number of rotatable bonds is 3. The molecule has 1 amide bonds. The summed E-state index contributed by atoms with van der Waals surface area (Å²) in [6.07, 6.45) is 5.13. The van der Waals surface area contributed by atoms with Gasteiger partial charge in [-0.1, -0.05) is 6.07 Å². The van der Waals surface area contributed by atoms with Crippen LogP contribution in [0.2, 0.25) is 0 Å². The molecular weight excluding hydrogens is 298 g/mol. The van der Waals surface area contributed by atoms with Gasteiger partial charge in [-0.15, -0.1) is 0 Å². The maximum atomic E-state index is 13.3. The van der Waals surface area contributed by atoms with Gasteiger partial charge in [0.05, 0.1) is 0 Å². The van der Waals surface area contributed by atoms with Crippen LogP contribution in [0.4, 0.5) is 8.78 Å². The fourth-order valence-electron chi connectivity index (χ4n) is 3.79. The van der Waals surface area contributed by atoms with Crippen molar-refractivity contribution in [1.29, 1.82) is 0 Å². The molecule has 1 aliphatic carbocycles. The number of amides is 1. The lowest BCUT2D eigenvalue weighted by atomic mass is 9.84. The normalized spacial score (nSPS) is 25.3. The molecule has 1 saturated carbocycles. The molecule has 0 aromatic carbocycles. The Balaban J connectivity index is 1.55. The van der Waals surface area contributed by atoms with Crippen molar-refractivity contribution in [3.8, 4) is 0 Å². The molecule has 2 heterocycles. The van der Waals surface area contributed by atoms with Crippen LogP contribution in [-0.4, -0.2) is 34.8 Å². The van der Waals surface area contributed by atoms with Gasteiger partial charge in [-0.3, -0.25) is 9.78 Å². The first-order valence-electron chi connectivity index (χ1n) is 8.60. The average Bonchev–Trinajstić information content (AvgIpc) is 2.55. The zero-order valence-corrected chi connectivity index (χ0v) is 13.4. The highest BCUT2D eigenvalue weighted by Gasteiger charge is 2.39. The van der Waals surface area contributed by atoms with Gasteiger partial charge in [0.1, 0.15) is 0 Å². The van der Waals surface area contributed by atoms with Gasteiger partial charge in [-0.25, -0.2) is 8.78 Å². The minimum Gasteiger partial charge on any atom is -0.342 e. The van der Waals surface area contributed by atoms with Gasteiger partial charge in [-0.05, 0) is 50.2 Å². The van der Waals surface area contributed by atoms with Gasteiger partial charge in [0.15, 0.2) is 0 Å². The molecule has 0 bridgehead atoms. The van der Waals surface area contributed by atoms with Crippen molar-refractivity contribution in [2.45, 2.75) is 50.9 Å². The van der Waals surface area contributed by atoms with Crippen LogP contribution in [0.1, 0.15) is 44.2 Å². The topological polar surface area (TPSA) is 33.2 Å². The predicted octanol–water partition coefficient (Wildman–Crippen LogP) is 3.69. The van der Waals surface area contributed by atoms with Crippen molar-refractivity contribution >= 4 is 5.91 Å². The number of nitrogens with zero attached hydrogens (tertiary/aromatic N) is 2. The van der Waals surface area contributed by atoms with Crippen LogP contribution in [0, 0.1) is 11.8 Å². The number of carbonyl (C=O) groups excluding carboxylic acids is 1. The summed E-state index contributed by atoms with van der Waals surface area (Å²) in [6, 6.07) is 5.90. The Labute approximate surface area is 136 Å². The van der Waals surface area contributed by atoms with Crippen LogP contribution in [0.3, 0.4) is 0 Å². The molecule has 0 radical (unpaired) electrons. The maximum Gasteiger partial charge on any atom is 0.248 e. The third-order valence-corrected chi connectivity index (χ3v) is 5.12. The zero-order valence-electron chi connectivity index (χ0n) is 13.4. The van der Waals surface area contributed by atoms with Crippen LogP contribution in [0.5, 0.6) is 0 Å². The van der Waals surface area contributed by atoms with Crippen LogP contribution >= 0.6 is 0 Å². The lowest BCUT2D eigenvalue weighted by Gasteiger charge is -2.37. The molecule has 3 nitrogen and oxygen atoms in total. The van der Waals surface area contributed by atoms with E-state index in [-0.39, 0.29) is 24.7 Å². The molecule has 3 rings (SSSR count). The molecule has 1 saturated heterocycles. The second-order valence-electron chi connectivity index (χ2n) is 6.95. The van der Waals surface area contributed by atoms with E-state index < -0.39 is 5.92 Å². The van der Waals surface area contributed by atoms with E-state index >= 15 is 0 Å². The highest BCUT2D eigenvalue weighted by atomic mass is 19.3. The van der Waals surface area contributed by atoms with Gasteiger partial charge in [-0.2, -0.15) is 0 Å². The largest absolute Gasteiger partial charge is 0.342 e. The second kappa shape index (κ2) is 6.93. The Kier molecular flexibility index (Phi) is 4.93. The summed E-state index contributed by atoms with van der Waals surface area (Å²) in [5, 5.41) is 0. The number of carbonyl (C=O) groups is 1. The first-order chi connectivity index (χ1) is 11.0. The fourth-order valence-corrected chi connectivity index (χ4v) is 3.79. The number of aromatic nitrogens is 1. The van der Waals surface area contributed by atoms with E-state index in [9.17, 15) is 13.6 Å². The van der Waals surface area contributed by atoms with Gasteiger partial charge >= 0.3 is 0 Å². The fraction of sp³-hybridized carbons (Fsp3) is 0.667. The maximum absolute atomic E-state index is 13.3. The summed E-state index contributed by atoms with van der Waals surface area (Å²) in [5.41, 5.74) is 1.06. The van der Waals surface area contributed by atoms with E-state index in [1.54, 1.807) is 6.20 Å². The van der Waals surface area contributed by atoms with Crippen LogP contribution in [-0.2, 0) is 11.2 Å². The number of pyridine rings is 1. The van der Waals surface area contributed by atoms with Gasteiger partial charge in [0.2, 0.25) is 11.8 Å². The molecule has 1 atom stereocenters. The van der Waals surface area contributed by atoms with Crippen molar-refractivity contribution < 1.29 is 13.6 Å². The molecule has 1 aromatic heterocycles. The van der Waals surface area contributed by atoms with Crippen molar-refractivity contribution in [2.75, 3.05) is 13.1 Å². The standard InChI is InChI=1S/C18H24F2N2O/c19-18(20)8-6-15(7-9-18)17(23)22-11-3-4-14(13-22)12-16-5-1-2-10-21-16/h1-2,5,10,14-15H,3-4,6-9,11-13H2. The molecule has 1 aliphatic heterocycles. The van der Waals surface area contributed by atoms with Crippen molar-refractivity contribution in [1.82, 2.24) is 9.88 Å². The number of hydrogen-bond donors (Lipinski definition) is 0. The van der Waals surface area contributed by atoms with E-state index in [1.165, 1.54) is 0 Å². The summed E-state index contributed by atoms with van der Waals surface area (Å²) in [7, 11) is 0. The van der Waals surface area contributed by atoms with E-state index in [4.69, 9.17) is 0 Å². The molecule has 0 N–H and O–H groups in total. The Morgan fingerprint density at radius 1 is 1.26 bits per heavy atom. The summed E-state index contributed by atoms with van der Waals surface area (Å²) in [4.78, 5) is 18.9. The first-order valence-corrected chi connectivity index (χ1v) is 8.60. The molecule has 5 heteroatoms. The number of likely N-dealkylation sites (tertiary alicyclic amines) is 1. The minimum atomic E-state index is -2.57. The smallest absolute Gasteiger partial charge is 0.248 e. The van der Waals surface area contributed by atoms with Crippen LogP contribution in [0.15, 0.2) is 24.4 Å². The quantitative estimate of drug-likeness (QED) is 0.850. The molecule has 1 unspecified atom stereocenters. The minimum absolute atomic E-state index is 0.0891. The monoisotopic (exact) mass is 322 g/mol.